The minimum absolute atomic E-state index is 0.497. The van der Waals surface area contributed by atoms with E-state index >= 15 is 0 Å². The number of rotatable bonds is 3. The van der Waals surface area contributed by atoms with Gasteiger partial charge < -0.3 is 5.73 Å². The van der Waals surface area contributed by atoms with Crippen LogP contribution in [0.1, 0.15) is 18.3 Å². The van der Waals surface area contributed by atoms with Gasteiger partial charge >= 0.3 is 0 Å². The highest BCUT2D eigenvalue weighted by molar-refractivity contribution is 7.13. The summed E-state index contributed by atoms with van der Waals surface area (Å²) < 4.78 is 1.92. The number of hydrogen-bond acceptors (Lipinski definition) is 4. The lowest BCUT2D eigenvalue weighted by molar-refractivity contribution is 0.653. The van der Waals surface area contributed by atoms with Crippen molar-refractivity contribution in [2.45, 2.75) is 26.9 Å². The Balaban J connectivity index is 2.39. The summed E-state index contributed by atoms with van der Waals surface area (Å²) in [7, 11) is 0. The highest BCUT2D eigenvalue weighted by Crippen LogP contribution is 2.25. The number of hydrogen-bond donors (Lipinski definition) is 1. The molecule has 2 N–H and O–H groups in total. The number of aromatic nitrogens is 3. The van der Waals surface area contributed by atoms with Crippen LogP contribution in [0.5, 0.6) is 0 Å². The molecule has 0 saturated carbocycles. The van der Waals surface area contributed by atoms with Crippen LogP contribution in [0.15, 0.2) is 11.6 Å². The van der Waals surface area contributed by atoms with Crippen molar-refractivity contribution in [2.75, 3.05) is 0 Å². The van der Waals surface area contributed by atoms with Crippen molar-refractivity contribution in [2.24, 2.45) is 5.73 Å². The molecule has 0 bridgehead atoms. The van der Waals surface area contributed by atoms with Gasteiger partial charge in [-0.3, -0.25) is 4.68 Å². The summed E-state index contributed by atoms with van der Waals surface area (Å²) in [6, 6.07) is 0. The molecule has 2 aromatic heterocycles. The predicted molar refractivity (Wildman–Crippen MR) is 61.6 cm³/mol. The third-order valence-electron chi connectivity index (χ3n) is 2.26. The van der Waals surface area contributed by atoms with Crippen LogP contribution in [0.3, 0.4) is 0 Å². The minimum Gasteiger partial charge on any atom is -0.325 e. The third kappa shape index (κ3) is 1.93. The number of thiazole rings is 1. The third-order valence-corrected chi connectivity index (χ3v) is 3.19. The standard InChI is InChI=1S/C10H14N4S/c1-3-14-5-9(7(2)13-14)10-12-8(4-11)6-15-10/h5-6H,3-4,11H2,1-2H3. The van der Waals surface area contributed by atoms with Crippen molar-refractivity contribution in [3.05, 3.63) is 23.0 Å². The van der Waals surface area contributed by atoms with Gasteiger partial charge in [-0.05, 0) is 13.8 Å². The zero-order valence-electron chi connectivity index (χ0n) is 8.90. The molecule has 0 aliphatic carbocycles. The second-order valence-electron chi connectivity index (χ2n) is 3.33. The van der Waals surface area contributed by atoms with Gasteiger partial charge in [0.1, 0.15) is 5.01 Å². The van der Waals surface area contributed by atoms with Crippen molar-refractivity contribution < 1.29 is 0 Å². The Morgan fingerprint density at radius 1 is 1.53 bits per heavy atom. The highest BCUT2D eigenvalue weighted by Gasteiger charge is 2.10. The minimum atomic E-state index is 0.497. The van der Waals surface area contributed by atoms with Gasteiger partial charge in [0.25, 0.3) is 0 Å². The molecule has 15 heavy (non-hydrogen) atoms. The van der Waals surface area contributed by atoms with E-state index in [0.717, 1.165) is 28.5 Å². The first kappa shape index (κ1) is 10.3. The van der Waals surface area contributed by atoms with E-state index < -0.39 is 0 Å². The molecule has 0 amide bonds. The number of nitrogens with zero attached hydrogens (tertiary/aromatic N) is 3. The number of aryl methyl sites for hydroxylation is 2. The largest absolute Gasteiger partial charge is 0.325 e. The van der Waals surface area contributed by atoms with Gasteiger partial charge in [0.05, 0.1) is 17.0 Å². The van der Waals surface area contributed by atoms with Crippen molar-refractivity contribution in [3.63, 3.8) is 0 Å². The smallest absolute Gasteiger partial charge is 0.127 e. The molecular formula is C10H14N4S. The van der Waals surface area contributed by atoms with E-state index in [0.29, 0.717) is 6.54 Å². The normalized spacial score (nSPS) is 10.9. The van der Waals surface area contributed by atoms with Gasteiger partial charge in [0.2, 0.25) is 0 Å². The molecule has 0 atom stereocenters. The first-order valence-electron chi connectivity index (χ1n) is 4.93. The first-order valence-corrected chi connectivity index (χ1v) is 5.81. The lowest BCUT2D eigenvalue weighted by atomic mass is 10.3. The second-order valence-corrected chi connectivity index (χ2v) is 4.19. The molecule has 0 aliphatic heterocycles. The molecule has 0 aromatic carbocycles. The summed E-state index contributed by atoms with van der Waals surface area (Å²) >= 11 is 1.62. The van der Waals surface area contributed by atoms with E-state index in [4.69, 9.17) is 5.73 Å². The molecule has 5 heteroatoms. The maximum atomic E-state index is 5.53. The summed E-state index contributed by atoms with van der Waals surface area (Å²) in [5.41, 5.74) is 8.61. The molecule has 2 aromatic rings. The Kier molecular flexibility index (Phi) is 2.83. The Hall–Kier alpha value is -1.20. The van der Waals surface area contributed by atoms with Gasteiger partial charge in [-0.15, -0.1) is 11.3 Å². The van der Waals surface area contributed by atoms with E-state index in [-0.39, 0.29) is 0 Å². The van der Waals surface area contributed by atoms with Gasteiger partial charge in [-0.1, -0.05) is 0 Å². The maximum Gasteiger partial charge on any atom is 0.127 e. The lowest BCUT2D eigenvalue weighted by Crippen LogP contribution is -1.95. The van der Waals surface area contributed by atoms with Crippen LogP contribution in [-0.2, 0) is 13.1 Å². The van der Waals surface area contributed by atoms with Crippen LogP contribution in [-0.4, -0.2) is 14.8 Å². The zero-order chi connectivity index (χ0) is 10.8. The summed E-state index contributed by atoms with van der Waals surface area (Å²) in [6.07, 6.45) is 2.04. The fraction of sp³-hybridized carbons (Fsp3) is 0.400. The molecule has 2 rings (SSSR count). The van der Waals surface area contributed by atoms with E-state index in [2.05, 4.69) is 17.0 Å². The molecule has 0 fully saturated rings. The summed E-state index contributed by atoms with van der Waals surface area (Å²) in [5, 5.41) is 7.40. The Bertz CT molecular complexity index is 458. The Morgan fingerprint density at radius 2 is 2.33 bits per heavy atom. The van der Waals surface area contributed by atoms with E-state index in [1.807, 2.05) is 23.2 Å². The lowest BCUT2D eigenvalue weighted by Gasteiger charge is -1.90. The Morgan fingerprint density at radius 3 is 2.87 bits per heavy atom. The zero-order valence-corrected chi connectivity index (χ0v) is 9.71. The van der Waals surface area contributed by atoms with Crippen LogP contribution < -0.4 is 5.73 Å². The number of nitrogens with two attached hydrogens (primary N) is 1. The van der Waals surface area contributed by atoms with E-state index in [9.17, 15) is 0 Å². The SMILES string of the molecule is CCn1cc(-c2nc(CN)cs2)c(C)n1. The molecule has 0 aliphatic rings. The molecule has 4 nitrogen and oxygen atoms in total. The molecular weight excluding hydrogens is 208 g/mol. The van der Waals surface area contributed by atoms with Crippen molar-refractivity contribution in [3.8, 4) is 10.6 Å². The van der Waals surface area contributed by atoms with Crippen LogP contribution in [0, 0.1) is 6.92 Å². The molecule has 0 unspecified atom stereocenters. The first-order chi connectivity index (χ1) is 7.24. The molecule has 80 valence electrons. The quantitative estimate of drug-likeness (QED) is 0.861. The topological polar surface area (TPSA) is 56.7 Å². The molecule has 0 saturated heterocycles. The van der Waals surface area contributed by atoms with E-state index in [1.165, 1.54) is 0 Å². The van der Waals surface area contributed by atoms with Crippen LogP contribution in [0.2, 0.25) is 0 Å². The second kappa shape index (κ2) is 4.12. The summed E-state index contributed by atoms with van der Waals surface area (Å²) in [6.45, 7) is 5.46. The molecule has 0 radical (unpaired) electrons. The summed E-state index contributed by atoms with van der Waals surface area (Å²) in [5.74, 6) is 0. The molecule has 2 heterocycles. The summed E-state index contributed by atoms with van der Waals surface area (Å²) in [4.78, 5) is 4.45. The average molecular weight is 222 g/mol. The van der Waals surface area contributed by atoms with Crippen molar-refractivity contribution >= 4 is 11.3 Å². The van der Waals surface area contributed by atoms with Crippen LogP contribution >= 0.6 is 11.3 Å². The fourth-order valence-corrected chi connectivity index (χ4v) is 2.31. The molecule has 0 spiro atoms. The Labute approximate surface area is 92.8 Å². The predicted octanol–water partition coefficient (Wildman–Crippen LogP) is 1.79. The van der Waals surface area contributed by atoms with Gasteiger partial charge in [-0.2, -0.15) is 5.10 Å². The van der Waals surface area contributed by atoms with Gasteiger partial charge in [-0.25, -0.2) is 4.98 Å². The van der Waals surface area contributed by atoms with Crippen molar-refractivity contribution in [1.29, 1.82) is 0 Å². The van der Waals surface area contributed by atoms with Crippen LogP contribution in [0.25, 0.3) is 10.6 Å². The highest BCUT2D eigenvalue weighted by atomic mass is 32.1. The fourth-order valence-electron chi connectivity index (χ4n) is 1.41. The van der Waals surface area contributed by atoms with Crippen LogP contribution in [0.4, 0.5) is 0 Å². The van der Waals surface area contributed by atoms with Crippen molar-refractivity contribution in [1.82, 2.24) is 14.8 Å². The van der Waals surface area contributed by atoms with Gasteiger partial charge in [0, 0.05) is 24.7 Å². The monoisotopic (exact) mass is 222 g/mol. The average Bonchev–Trinajstić information content (AvgIpc) is 2.83. The maximum absolute atomic E-state index is 5.53. The van der Waals surface area contributed by atoms with Gasteiger partial charge in [0.15, 0.2) is 0 Å². The van der Waals surface area contributed by atoms with E-state index in [1.54, 1.807) is 11.3 Å².